The van der Waals surface area contributed by atoms with Crippen molar-refractivity contribution in [3.8, 4) is 0 Å². The number of allylic oxidation sites excluding steroid dienone is 1. The highest BCUT2D eigenvalue weighted by Crippen LogP contribution is 2.74. The van der Waals surface area contributed by atoms with E-state index in [1.165, 1.54) is 6.29 Å². The Bertz CT molecular complexity index is 869. The summed E-state index contributed by atoms with van der Waals surface area (Å²) in [5.41, 5.74) is 1.14. The second-order valence-corrected chi connectivity index (χ2v) is 13.7. The molecule has 4 nitrogen and oxygen atoms in total. The lowest BCUT2D eigenvalue weighted by molar-refractivity contribution is -0.183. The summed E-state index contributed by atoms with van der Waals surface area (Å²) in [6.45, 7) is 15.2. The number of hydrogen-bond acceptors (Lipinski definition) is 4. The summed E-state index contributed by atoms with van der Waals surface area (Å²) in [4.78, 5) is 13.1. The van der Waals surface area contributed by atoms with Crippen molar-refractivity contribution in [2.75, 3.05) is 0 Å². The van der Waals surface area contributed by atoms with Crippen LogP contribution in [0.1, 0.15) is 93.4 Å². The monoisotopic (exact) mass is 472 g/mol. The maximum absolute atomic E-state index is 13.1. The van der Waals surface area contributed by atoms with E-state index in [2.05, 4.69) is 34.6 Å². The molecule has 4 aliphatic carbocycles. The summed E-state index contributed by atoms with van der Waals surface area (Å²) in [7, 11) is 0. The van der Waals surface area contributed by atoms with E-state index in [-0.39, 0.29) is 22.7 Å². The molecule has 10 atom stereocenters. The highest BCUT2D eigenvalue weighted by molar-refractivity contribution is 5.65. The van der Waals surface area contributed by atoms with Gasteiger partial charge in [0.1, 0.15) is 6.29 Å². The van der Waals surface area contributed by atoms with Crippen LogP contribution in [0.15, 0.2) is 23.3 Å². The maximum atomic E-state index is 13.1. The van der Waals surface area contributed by atoms with Gasteiger partial charge in [-0.25, -0.2) is 0 Å². The van der Waals surface area contributed by atoms with Crippen LogP contribution in [0.2, 0.25) is 0 Å². The van der Waals surface area contributed by atoms with Crippen molar-refractivity contribution in [1.82, 2.24) is 0 Å². The number of hydrogen-bond donors (Lipinski definition) is 3. The van der Waals surface area contributed by atoms with E-state index < -0.39 is 29.1 Å². The van der Waals surface area contributed by atoms with E-state index in [0.29, 0.717) is 18.3 Å². The van der Waals surface area contributed by atoms with E-state index >= 15 is 0 Å². The standard InChI is InChI=1S/C30H48O4/c1-18(2)14-20(32)15-19(3)21-10-11-29(7)26-24(33)16-23-22(8-9-25(34)27(23,4)5)30(26,17-31)13-12-28(21,29)6/h14,16-17,19-22,24-26,32-34H,8-13,15H2,1-7H3/t19-,20?,21?,22-,24+,25?,26?,28?,29+,30?/m1/s1. The topological polar surface area (TPSA) is 77.8 Å². The Balaban J connectivity index is 1.72. The van der Waals surface area contributed by atoms with Crippen molar-refractivity contribution in [3.05, 3.63) is 23.3 Å². The van der Waals surface area contributed by atoms with Gasteiger partial charge < -0.3 is 20.1 Å². The fourth-order valence-electron chi connectivity index (χ4n) is 9.55. The van der Waals surface area contributed by atoms with Gasteiger partial charge in [0.2, 0.25) is 0 Å². The average molecular weight is 473 g/mol. The molecule has 0 saturated heterocycles. The first-order chi connectivity index (χ1) is 15.7. The van der Waals surface area contributed by atoms with Gasteiger partial charge in [-0.1, -0.05) is 57.9 Å². The molecule has 0 bridgehead atoms. The molecule has 192 valence electrons. The molecule has 4 aliphatic rings. The van der Waals surface area contributed by atoms with Gasteiger partial charge in [0.15, 0.2) is 0 Å². The smallest absolute Gasteiger partial charge is 0.127 e. The summed E-state index contributed by atoms with van der Waals surface area (Å²) < 4.78 is 0. The van der Waals surface area contributed by atoms with Gasteiger partial charge in [0.25, 0.3) is 0 Å². The lowest BCUT2D eigenvalue weighted by Gasteiger charge is -2.66. The van der Waals surface area contributed by atoms with Crippen molar-refractivity contribution in [2.24, 2.45) is 45.3 Å². The van der Waals surface area contributed by atoms with Gasteiger partial charge in [-0.3, -0.25) is 0 Å². The fourth-order valence-corrected chi connectivity index (χ4v) is 9.55. The van der Waals surface area contributed by atoms with E-state index in [9.17, 15) is 20.1 Å². The van der Waals surface area contributed by atoms with E-state index in [0.717, 1.165) is 49.7 Å². The van der Waals surface area contributed by atoms with Crippen LogP contribution in [-0.4, -0.2) is 39.9 Å². The predicted molar refractivity (Wildman–Crippen MR) is 136 cm³/mol. The number of rotatable bonds is 5. The molecule has 3 saturated carbocycles. The number of aldehydes is 1. The van der Waals surface area contributed by atoms with Crippen molar-refractivity contribution >= 4 is 6.29 Å². The Morgan fingerprint density at radius 3 is 2.35 bits per heavy atom. The SMILES string of the molecule is CC(C)=CC(O)C[C@@H](C)C1CC[C@@]2(C)C3[C@@H](O)C=C4[C@@H](CCC(O)C4(C)C)C3(C=O)CCC12C. The summed E-state index contributed by atoms with van der Waals surface area (Å²) in [5, 5.41) is 33.0. The minimum absolute atomic E-state index is 0.0182. The lowest BCUT2D eigenvalue weighted by atomic mass is 9.38. The molecule has 3 fully saturated rings. The van der Waals surface area contributed by atoms with Crippen LogP contribution in [-0.2, 0) is 4.79 Å². The van der Waals surface area contributed by atoms with Crippen molar-refractivity contribution in [1.29, 1.82) is 0 Å². The van der Waals surface area contributed by atoms with Crippen molar-refractivity contribution < 1.29 is 20.1 Å². The largest absolute Gasteiger partial charge is 0.392 e. The second-order valence-electron chi connectivity index (χ2n) is 13.7. The zero-order valence-electron chi connectivity index (χ0n) is 22.5. The summed E-state index contributed by atoms with van der Waals surface area (Å²) >= 11 is 0. The Morgan fingerprint density at radius 1 is 1.06 bits per heavy atom. The van der Waals surface area contributed by atoms with Crippen LogP contribution in [0, 0.1) is 45.3 Å². The third-order valence-electron chi connectivity index (χ3n) is 11.5. The molecular weight excluding hydrogens is 424 g/mol. The number of fused-ring (bicyclic) bond motifs is 5. The first-order valence-electron chi connectivity index (χ1n) is 13.6. The molecule has 4 rings (SSSR count). The zero-order valence-corrected chi connectivity index (χ0v) is 22.5. The van der Waals surface area contributed by atoms with Crippen LogP contribution in [0.25, 0.3) is 0 Å². The van der Waals surface area contributed by atoms with E-state index in [1.54, 1.807) is 0 Å². The first kappa shape index (κ1) is 26.1. The number of carbonyl (C=O) groups excluding carboxylic acids is 1. The molecule has 0 aromatic heterocycles. The van der Waals surface area contributed by atoms with Crippen LogP contribution in [0.3, 0.4) is 0 Å². The molecule has 0 heterocycles. The van der Waals surface area contributed by atoms with Crippen LogP contribution in [0.5, 0.6) is 0 Å². The van der Waals surface area contributed by atoms with Gasteiger partial charge >= 0.3 is 0 Å². The van der Waals surface area contributed by atoms with Crippen LogP contribution >= 0.6 is 0 Å². The third-order valence-corrected chi connectivity index (χ3v) is 11.5. The number of aliphatic hydroxyl groups excluding tert-OH is 3. The minimum Gasteiger partial charge on any atom is -0.392 e. The number of carbonyl (C=O) groups is 1. The van der Waals surface area contributed by atoms with E-state index in [1.807, 2.05) is 26.0 Å². The Labute approximate surface area is 206 Å². The molecule has 0 aromatic carbocycles. The Kier molecular flexibility index (Phi) is 6.57. The van der Waals surface area contributed by atoms with Gasteiger partial charge in [-0.05, 0) is 87.4 Å². The molecule has 4 heteroatoms. The molecule has 0 amide bonds. The molecule has 0 aromatic rings. The first-order valence-corrected chi connectivity index (χ1v) is 13.6. The minimum atomic E-state index is -0.670. The van der Waals surface area contributed by atoms with E-state index in [4.69, 9.17) is 0 Å². The Morgan fingerprint density at radius 2 is 1.74 bits per heavy atom. The lowest BCUT2D eigenvalue weighted by Crippen LogP contribution is -2.64. The number of aliphatic hydroxyl groups is 3. The zero-order chi connectivity index (χ0) is 25.3. The highest BCUT2D eigenvalue weighted by Gasteiger charge is 2.70. The average Bonchev–Trinajstić information content (AvgIpc) is 3.01. The second kappa shape index (κ2) is 8.56. The van der Waals surface area contributed by atoms with Gasteiger partial charge in [-0.15, -0.1) is 0 Å². The molecule has 34 heavy (non-hydrogen) atoms. The van der Waals surface area contributed by atoms with Crippen LogP contribution < -0.4 is 0 Å². The molecule has 3 N–H and O–H groups in total. The molecular formula is C30H48O4. The predicted octanol–water partition coefficient (Wildman–Crippen LogP) is 5.46. The molecule has 0 aliphatic heterocycles. The summed E-state index contributed by atoms with van der Waals surface area (Å²) in [6.07, 6.45) is 9.84. The third kappa shape index (κ3) is 3.53. The highest BCUT2D eigenvalue weighted by atomic mass is 16.3. The van der Waals surface area contributed by atoms with Crippen LogP contribution in [0.4, 0.5) is 0 Å². The molecule has 0 radical (unpaired) electrons. The molecule has 6 unspecified atom stereocenters. The summed E-state index contributed by atoms with van der Waals surface area (Å²) in [5.74, 6) is 0.839. The maximum Gasteiger partial charge on any atom is 0.127 e. The quantitative estimate of drug-likeness (QED) is 0.367. The molecule has 0 spiro atoms. The van der Waals surface area contributed by atoms with Gasteiger partial charge in [-0.2, -0.15) is 0 Å². The fraction of sp³-hybridized carbons (Fsp3) is 0.833. The summed E-state index contributed by atoms with van der Waals surface area (Å²) in [6, 6.07) is 0. The van der Waals surface area contributed by atoms with Crippen molar-refractivity contribution in [3.63, 3.8) is 0 Å². The van der Waals surface area contributed by atoms with Crippen molar-refractivity contribution in [2.45, 2.75) is 112 Å². The normalized spacial score (nSPS) is 46.9. The Hall–Kier alpha value is -0.970. The van der Waals surface area contributed by atoms with Gasteiger partial charge in [0.05, 0.1) is 18.3 Å². The van der Waals surface area contributed by atoms with Gasteiger partial charge in [0, 0.05) is 16.7 Å².